The second-order valence-corrected chi connectivity index (χ2v) is 7.85. The maximum Gasteiger partial charge on any atom is 0.226 e. The van der Waals surface area contributed by atoms with Crippen LogP contribution in [0, 0.1) is 5.41 Å². The summed E-state index contributed by atoms with van der Waals surface area (Å²) in [5.41, 5.74) is 2.33. The van der Waals surface area contributed by atoms with Gasteiger partial charge in [-0.05, 0) is 29.5 Å². The number of rotatable bonds is 4. The summed E-state index contributed by atoms with van der Waals surface area (Å²) in [5, 5.41) is 7.68. The molecule has 0 radical (unpaired) electrons. The first-order valence-electron chi connectivity index (χ1n) is 9.11. The molecule has 0 spiro atoms. The molecule has 1 aromatic carbocycles. The van der Waals surface area contributed by atoms with Gasteiger partial charge in [0.25, 0.3) is 0 Å². The van der Waals surface area contributed by atoms with Crippen LogP contribution in [0.3, 0.4) is 0 Å². The van der Waals surface area contributed by atoms with Gasteiger partial charge in [0.2, 0.25) is 11.7 Å². The van der Waals surface area contributed by atoms with Crippen molar-refractivity contribution in [3.05, 3.63) is 35.3 Å². The van der Waals surface area contributed by atoms with Crippen molar-refractivity contribution in [3.63, 3.8) is 0 Å². The number of nitrogens with zero attached hydrogens (tertiary/aromatic N) is 3. The molecule has 0 unspecified atom stereocenters. The van der Waals surface area contributed by atoms with Crippen molar-refractivity contribution in [2.75, 3.05) is 26.6 Å². The molecule has 1 N–H and O–H groups in total. The Bertz CT molecular complexity index is 951. The van der Waals surface area contributed by atoms with Crippen LogP contribution in [0.25, 0.3) is 0 Å². The second-order valence-electron chi connectivity index (χ2n) is 7.85. The third-order valence-corrected chi connectivity index (χ3v) is 5.28. The van der Waals surface area contributed by atoms with Crippen LogP contribution in [0.15, 0.2) is 29.7 Å². The van der Waals surface area contributed by atoms with Crippen molar-refractivity contribution in [1.29, 1.82) is 0 Å². The highest BCUT2D eigenvalue weighted by atomic mass is 16.5. The maximum atomic E-state index is 13.1. The maximum absolute atomic E-state index is 13.1. The predicted octanol–water partition coefficient (Wildman–Crippen LogP) is 2.96. The van der Waals surface area contributed by atoms with Crippen LogP contribution in [-0.4, -0.2) is 41.9 Å². The molecule has 4 rings (SSSR count). The largest absolute Gasteiger partial charge is 0.493 e. The number of anilines is 1. The Kier molecular flexibility index (Phi) is 4.28. The summed E-state index contributed by atoms with van der Waals surface area (Å²) in [5.74, 6) is 2.29. The molecule has 28 heavy (non-hydrogen) atoms. The van der Waals surface area contributed by atoms with Crippen LogP contribution in [-0.2, 0) is 4.79 Å². The average molecular weight is 384 g/mol. The molecule has 2 aliphatic rings. The average Bonchev–Trinajstić information content (AvgIpc) is 3.12. The number of hydrogen-bond acceptors (Lipinski definition) is 7. The first-order valence-corrected chi connectivity index (χ1v) is 9.11. The fourth-order valence-corrected chi connectivity index (χ4v) is 4.12. The van der Waals surface area contributed by atoms with E-state index in [2.05, 4.69) is 29.2 Å². The van der Waals surface area contributed by atoms with Gasteiger partial charge >= 0.3 is 0 Å². The Balaban J connectivity index is 1.93. The Morgan fingerprint density at radius 2 is 1.79 bits per heavy atom. The lowest BCUT2D eigenvalue weighted by Gasteiger charge is -2.38. The first kappa shape index (κ1) is 18.3. The van der Waals surface area contributed by atoms with Gasteiger partial charge in [0.05, 0.1) is 21.3 Å². The number of ether oxygens (including phenoxy) is 3. The van der Waals surface area contributed by atoms with Crippen molar-refractivity contribution in [2.45, 2.75) is 32.7 Å². The van der Waals surface area contributed by atoms with Gasteiger partial charge in [-0.25, -0.2) is 4.68 Å². The fourth-order valence-electron chi connectivity index (χ4n) is 4.12. The van der Waals surface area contributed by atoms with Crippen LogP contribution < -0.4 is 19.5 Å². The molecule has 0 bridgehead atoms. The Hall–Kier alpha value is -3.03. The Morgan fingerprint density at radius 1 is 1.11 bits per heavy atom. The summed E-state index contributed by atoms with van der Waals surface area (Å²) in [7, 11) is 4.71. The minimum atomic E-state index is -0.411. The molecule has 0 saturated carbocycles. The molecule has 0 amide bonds. The number of methoxy groups -OCH3 is 3. The van der Waals surface area contributed by atoms with Gasteiger partial charge in [0.1, 0.15) is 12.4 Å². The molecule has 1 atom stereocenters. The molecule has 1 aliphatic carbocycles. The molecular formula is C20H24N4O4. The van der Waals surface area contributed by atoms with Crippen molar-refractivity contribution in [2.24, 2.45) is 5.41 Å². The number of Topliss-reactive ketones (excluding diaryl/α,β-unsaturated/α-hetero) is 1. The van der Waals surface area contributed by atoms with E-state index < -0.39 is 6.04 Å². The zero-order chi connectivity index (χ0) is 20.1. The van der Waals surface area contributed by atoms with Crippen LogP contribution >= 0.6 is 0 Å². The molecule has 2 heterocycles. The summed E-state index contributed by atoms with van der Waals surface area (Å²) in [4.78, 5) is 17.5. The summed E-state index contributed by atoms with van der Waals surface area (Å²) >= 11 is 0. The van der Waals surface area contributed by atoms with E-state index in [9.17, 15) is 4.79 Å². The van der Waals surface area contributed by atoms with Gasteiger partial charge in [-0.1, -0.05) is 13.8 Å². The van der Waals surface area contributed by atoms with E-state index in [1.807, 2.05) is 12.1 Å². The minimum absolute atomic E-state index is 0.106. The number of fused-ring (bicyclic) bond motifs is 1. The zero-order valence-electron chi connectivity index (χ0n) is 16.7. The third-order valence-electron chi connectivity index (χ3n) is 5.28. The van der Waals surface area contributed by atoms with Gasteiger partial charge in [0, 0.05) is 17.7 Å². The molecule has 0 fully saturated rings. The van der Waals surface area contributed by atoms with Gasteiger partial charge in [-0.2, -0.15) is 10.1 Å². The lowest BCUT2D eigenvalue weighted by Crippen LogP contribution is -2.36. The third kappa shape index (κ3) is 2.80. The standard InChI is InChI=1S/C20H24N4O4/c1-20(2)8-12-16(13(25)9-20)17(24-19(23-12)21-10-22-24)11-6-14(26-3)18(28-5)15(7-11)27-4/h6-7,10,17H,8-9H2,1-5H3,(H,21,22,23)/t17-/m1/s1. The van der Waals surface area contributed by atoms with Crippen molar-refractivity contribution >= 4 is 11.7 Å². The second kappa shape index (κ2) is 6.54. The van der Waals surface area contributed by atoms with E-state index in [0.29, 0.717) is 35.2 Å². The lowest BCUT2D eigenvalue weighted by molar-refractivity contribution is -0.118. The van der Waals surface area contributed by atoms with Crippen molar-refractivity contribution in [3.8, 4) is 17.2 Å². The highest BCUT2D eigenvalue weighted by Crippen LogP contribution is 2.47. The number of allylic oxidation sites excluding steroid dienone is 2. The molecule has 1 aromatic heterocycles. The van der Waals surface area contributed by atoms with Crippen LogP contribution in [0.5, 0.6) is 17.2 Å². The molecule has 2 aromatic rings. The summed E-state index contributed by atoms with van der Waals surface area (Å²) < 4.78 is 18.2. The van der Waals surface area contributed by atoms with Crippen LogP contribution in [0.4, 0.5) is 5.95 Å². The summed E-state index contributed by atoms with van der Waals surface area (Å²) in [6, 6.07) is 3.31. The normalized spacial score (nSPS) is 20.2. The number of aromatic nitrogens is 3. The quantitative estimate of drug-likeness (QED) is 0.867. The molecule has 0 saturated heterocycles. The van der Waals surface area contributed by atoms with Crippen LogP contribution in [0.2, 0.25) is 0 Å². The topological polar surface area (TPSA) is 87.5 Å². The number of nitrogens with one attached hydrogen (secondary N) is 1. The van der Waals surface area contributed by atoms with Gasteiger partial charge in [-0.15, -0.1) is 0 Å². The van der Waals surface area contributed by atoms with Crippen LogP contribution in [0.1, 0.15) is 38.3 Å². The van der Waals surface area contributed by atoms with Gasteiger partial charge in [0.15, 0.2) is 17.3 Å². The highest BCUT2D eigenvalue weighted by Gasteiger charge is 2.41. The van der Waals surface area contributed by atoms with E-state index in [1.165, 1.54) is 6.33 Å². The van der Waals surface area contributed by atoms with Crippen molar-refractivity contribution in [1.82, 2.24) is 14.8 Å². The molecule has 8 heteroatoms. The molecule has 1 aliphatic heterocycles. The number of carbonyl (C=O) groups is 1. The zero-order valence-corrected chi connectivity index (χ0v) is 16.7. The van der Waals surface area contributed by atoms with Gasteiger partial charge in [-0.3, -0.25) is 4.79 Å². The van der Waals surface area contributed by atoms with E-state index in [1.54, 1.807) is 26.0 Å². The SMILES string of the molecule is COc1cc([C@@H]2C3=C(CC(C)(C)CC3=O)Nc3ncnn32)cc(OC)c1OC. The smallest absolute Gasteiger partial charge is 0.226 e. The van der Waals surface area contributed by atoms with E-state index >= 15 is 0 Å². The van der Waals surface area contributed by atoms with Gasteiger partial charge < -0.3 is 19.5 Å². The monoisotopic (exact) mass is 384 g/mol. The lowest BCUT2D eigenvalue weighted by atomic mass is 9.73. The molecular weight excluding hydrogens is 360 g/mol. The predicted molar refractivity (Wildman–Crippen MR) is 103 cm³/mol. The minimum Gasteiger partial charge on any atom is -0.493 e. The molecule has 8 nitrogen and oxygen atoms in total. The molecule has 148 valence electrons. The summed E-state index contributed by atoms with van der Waals surface area (Å²) in [6.07, 6.45) is 2.74. The summed E-state index contributed by atoms with van der Waals surface area (Å²) in [6.45, 7) is 4.20. The number of ketones is 1. The number of carbonyl (C=O) groups excluding carboxylic acids is 1. The Labute approximate surface area is 163 Å². The van der Waals surface area contributed by atoms with Crippen molar-refractivity contribution < 1.29 is 19.0 Å². The number of hydrogen-bond donors (Lipinski definition) is 1. The first-order chi connectivity index (χ1) is 13.4. The fraction of sp³-hybridized carbons (Fsp3) is 0.450. The highest BCUT2D eigenvalue weighted by molar-refractivity contribution is 6.00. The number of benzene rings is 1. The Morgan fingerprint density at radius 3 is 2.39 bits per heavy atom. The van der Waals surface area contributed by atoms with E-state index in [-0.39, 0.29) is 11.2 Å². The van der Waals surface area contributed by atoms with E-state index in [0.717, 1.165) is 17.7 Å². The van der Waals surface area contributed by atoms with E-state index in [4.69, 9.17) is 14.2 Å².